The highest BCUT2D eigenvalue weighted by Gasteiger charge is 2.17. The number of hydrogen-bond donors (Lipinski definition) is 1. The van der Waals surface area contributed by atoms with Crippen LogP contribution in [0.5, 0.6) is 0 Å². The first kappa shape index (κ1) is 11.7. The van der Waals surface area contributed by atoms with Crippen molar-refractivity contribution in [2.45, 2.75) is 45.6 Å². The van der Waals surface area contributed by atoms with E-state index in [9.17, 15) is 0 Å². The van der Waals surface area contributed by atoms with Gasteiger partial charge >= 0.3 is 0 Å². The first-order chi connectivity index (χ1) is 8.83. The molecule has 3 rings (SSSR count). The number of fused-ring (bicyclic) bond motifs is 2. The molecule has 1 aliphatic carbocycles. The van der Waals surface area contributed by atoms with Crippen molar-refractivity contribution >= 4 is 10.9 Å². The maximum absolute atomic E-state index is 6.00. The van der Waals surface area contributed by atoms with Crippen molar-refractivity contribution in [2.75, 3.05) is 0 Å². The van der Waals surface area contributed by atoms with Gasteiger partial charge < -0.3 is 5.73 Å². The molecule has 0 spiro atoms. The van der Waals surface area contributed by atoms with Gasteiger partial charge in [-0.25, -0.2) is 0 Å². The number of nitrogens with zero attached hydrogens (tertiary/aromatic N) is 1. The fourth-order valence-electron chi connectivity index (χ4n) is 3.02. The molecule has 0 saturated carbocycles. The molecule has 1 heterocycles. The third kappa shape index (κ3) is 1.81. The molecule has 0 atom stereocenters. The van der Waals surface area contributed by atoms with Crippen molar-refractivity contribution in [3.8, 4) is 0 Å². The predicted molar refractivity (Wildman–Crippen MR) is 75.7 cm³/mol. The SMILES string of the molecule is CCc1ccc2nc3c(c(CN)c2c1)CCCC3. The minimum absolute atomic E-state index is 0.633. The average Bonchev–Trinajstić information content (AvgIpc) is 2.44. The van der Waals surface area contributed by atoms with Crippen LogP contribution < -0.4 is 5.73 Å². The topological polar surface area (TPSA) is 38.9 Å². The Kier molecular flexibility index (Phi) is 3.04. The van der Waals surface area contributed by atoms with Crippen LogP contribution in [0.25, 0.3) is 10.9 Å². The molecule has 2 aromatic rings. The lowest BCUT2D eigenvalue weighted by Crippen LogP contribution is -2.12. The van der Waals surface area contributed by atoms with Gasteiger partial charge in [0.15, 0.2) is 0 Å². The fourth-order valence-corrected chi connectivity index (χ4v) is 3.02. The number of aromatic nitrogens is 1. The summed E-state index contributed by atoms with van der Waals surface area (Å²) in [7, 11) is 0. The smallest absolute Gasteiger partial charge is 0.0708 e. The van der Waals surface area contributed by atoms with Crippen LogP contribution in [0.15, 0.2) is 18.2 Å². The van der Waals surface area contributed by atoms with Gasteiger partial charge in [0.25, 0.3) is 0 Å². The molecule has 2 nitrogen and oxygen atoms in total. The van der Waals surface area contributed by atoms with Gasteiger partial charge in [-0.3, -0.25) is 4.98 Å². The quantitative estimate of drug-likeness (QED) is 0.876. The van der Waals surface area contributed by atoms with Crippen molar-refractivity contribution in [1.29, 1.82) is 0 Å². The maximum atomic E-state index is 6.00. The van der Waals surface area contributed by atoms with Crippen molar-refractivity contribution in [3.63, 3.8) is 0 Å². The summed E-state index contributed by atoms with van der Waals surface area (Å²) in [4.78, 5) is 4.84. The monoisotopic (exact) mass is 240 g/mol. The summed E-state index contributed by atoms with van der Waals surface area (Å²) < 4.78 is 0. The van der Waals surface area contributed by atoms with Gasteiger partial charge in [-0.1, -0.05) is 13.0 Å². The van der Waals surface area contributed by atoms with Crippen LogP contribution in [0.3, 0.4) is 0 Å². The lowest BCUT2D eigenvalue weighted by molar-refractivity contribution is 0.664. The Labute approximate surface area is 108 Å². The van der Waals surface area contributed by atoms with Gasteiger partial charge in [-0.05, 0) is 60.9 Å². The van der Waals surface area contributed by atoms with Gasteiger partial charge in [0, 0.05) is 17.6 Å². The Balaban J connectivity index is 2.30. The third-order valence-electron chi connectivity index (χ3n) is 4.06. The fraction of sp³-hybridized carbons (Fsp3) is 0.438. The van der Waals surface area contributed by atoms with Gasteiger partial charge in [0.2, 0.25) is 0 Å². The second kappa shape index (κ2) is 4.69. The molecule has 1 aromatic carbocycles. The highest BCUT2D eigenvalue weighted by molar-refractivity contribution is 5.84. The van der Waals surface area contributed by atoms with Crippen LogP contribution >= 0.6 is 0 Å². The summed E-state index contributed by atoms with van der Waals surface area (Å²) in [5.74, 6) is 0. The normalized spacial score (nSPS) is 14.8. The second-order valence-corrected chi connectivity index (χ2v) is 5.13. The third-order valence-corrected chi connectivity index (χ3v) is 4.06. The van der Waals surface area contributed by atoms with Crippen LogP contribution in [0.1, 0.15) is 42.1 Å². The minimum atomic E-state index is 0.633. The number of hydrogen-bond acceptors (Lipinski definition) is 2. The molecule has 2 N–H and O–H groups in total. The van der Waals surface area contributed by atoms with Crippen LogP contribution in [0.4, 0.5) is 0 Å². The Bertz CT molecular complexity index is 587. The molecule has 0 radical (unpaired) electrons. The number of nitrogens with two attached hydrogens (primary N) is 1. The molecule has 2 heteroatoms. The van der Waals surface area contributed by atoms with E-state index in [0.717, 1.165) is 24.8 Å². The van der Waals surface area contributed by atoms with E-state index in [-0.39, 0.29) is 0 Å². The molecule has 94 valence electrons. The van der Waals surface area contributed by atoms with Gasteiger partial charge in [0.1, 0.15) is 0 Å². The molecule has 1 aliphatic rings. The molecule has 0 bridgehead atoms. The summed E-state index contributed by atoms with van der Waals surface area (Å²) in [6.07, 6.45) is 5.88. The maximum Gasteiger partial charge on any atom is 0.0708 e. The van der Waals surface area contributed by atoms with E-state index in [1.54, 1.807) is 0 Å². The standard InChI is InChI=1S/C16H20N2/c1-2-11-7-8-16-13(9-11)14(10-17)12-5-3-4-6-15(12)18-16/h7-9H,2-6,10,17H2,1H3. The molecule has 0 saturated heterocycles. The number of aryl methyl sites for hydroxylation is 2. The average molecular weight is 240 g/mol. The van der Waals surface area contributed by atoms with Crippen molar-refractivity contribution in [1.82, 2.24) is 4.98 Å². The van der Waals surface area contributed by atoms with E-state index in [4.69, 9.17) is 10.7 Å². The van der Waals surface area contributed by atoms with E-state index >= 15 is 0 Å². The predicted octanol–water partition coefficient (Wildman–Crippen LogP) is 3.13. The molecule has 0 amide bonds. The van der Waals surface area contributed by atoms with Crippen LogP contribution in [0.2, 0.25) is 0 Å². The van der Waals surface area contributed by atoms with Crippen LogP contribution in [0, 0.1) is 0 Å². The van der Waals surface area contributed by atoms with Gasteiger partial charge in [-0.15, -0.1) is 0 Å². The van der Waals surface area contributed by atoms with Crippen LogP contribution in [-0.2, 0) is 25.8 Å². The van der Waals surface area contributed by atoms with Gasteiger partial charge in [0.05, 0.1) is 5.52 Å². The molecular formula is C16H20N2. The number of pyridine rings is 1. The lowest BCUT2D eigenvalue weighted by Gasteiger charge is -2.20. The van der Waals surface area contributed by atoms with E-state index < -0.39 is 0 Å². The van der Waals surface area contributed by atoms with E-state index in [0.29, 0.717) is 6.54 Å². The van der Waals surface area contributed by atoms with Crippen molar-refractivity contribution in [3.05, 3.63) is 40.6 Å². The first-order valence-electron chi connectivity index (χ1n) is 6.96. The Morgan fingerprint density at radius 3 is 2.83 bits per heavy atom. The first-order valence-corrected chi connectivity index (χ1v) is 6.96. The van der Waals surface area contributed by atoms with Crippen molar-refractivity contribution < 1.29 is 0 Å². The van der Waals surface area contributed by atoms with E-state index in [2.05, 4.69) is 25.1 Å². The van der Waals surface area contributed by atoms with E-state index in [1.807, 2.05) is 0 Å². The zero-order valence-corrected chi connectivity index (χ0v) is 11.0. The molecule has 18 heavy (non-hydrogen) atoms. The van der Waals surface area contributed by atoms with E-state index in [1.165, 1.54) is 40.6 Å². The second-order valence-electron chi connectivity index (χ2n) is 5.13. The summed E-state index contributed by atoms with van der Waals surface area (Å²) >= 11 is 0. The summed E-state index contributed by atoms with van der Waals surface area (Å²) in [6.45, 7) is 2.82. The number of benzene rings is 1. The highest BCUT2D eigenvalue weighted by Crippen LogP contribution is 2.29. The largest absolute Gasteiger partial charge is 0.326 e. The van der Waals surface area contributed by atoms with Gasteiger partial charge in [-0.2, -0.15) is 0 Å². The zero-order valence-electron chi connectivity index (χ0n) is 11.0. The van der Waals surface area contributed by atoms with Crippen molar-refractivity contribution in [2.24, 2.45) is 5.73 Å². The molecule has 0 unspecified atom stereocenters. The lowest BCUT2D eigenvalue weighted by atomic mass is 9.89. The Morgan fingerprint density at radius 2 is 2.06 bits per heavy atom. The van der Waals surface area contributed by atoms with Crippen LogP contribution in [-0.4, -0.2) is 4.98 Å². The minimum Gasteiger partial charge on any atom is -0.326 e. The molecular weight excluding hydrogens is 220 g/mol. The molecule has 0 aliphatic heterocycles. The summed E-state index contributed by atoms with van der Waals surface area (Å²) in [6, 6.07) is 6.62. The molecule has 0 fully saturated rings. The summed E-state index contributed by atoms with van der Waals surface area (Å²) in [5, 5.41) is 1.28. The zero-order chi connectivity index (χ0) is 12.5. The highest BCUT2D eigenvalue weighted by atomic mass is 14.7. The Morgan fingerprint density at radius 1 is 1.22 bits per heavy atom. The molecule has 1 aromatic heterocycles. The number of rotatable bonds is 2. The Hall–Kier alpha value is -1.41. The summed E-state index contributed by atoms with van der Waals surface area (Å²) in [5.41, 5.74) is 12.6.